The molecule has 0 heterocycles. The van der Waals surface area contributed by atoms with Gasteiger partial charge in [-0.2, -0.15) is 0 Å². The predicted molar refractivity (Wildman–Crippen MR) is 64.2 cm³/mol. The van der Waals surface area contributed by atoms with E-state index < -0.39 is 0 Å². The fourth-order valence-corrected chi connectivity index (χ4v) is 1.49. The van der Waals surface area contributed by atoms with Gasteiger partial charge < -0.3 is 17.2 Å². The Kier molecular flexibility index (Phi) is 3.85. The highest BCUT2D eigenvalue weighted by Gasteiger charge is 2.09. The van der Waals surface area contributed by atoms with E-state index in [-0.39, 0.29) is 18.1 Å². The van der Waals surface area contributed by atoms with Crippen molar-refractivity contribution >= 4 is 0 Å². The molecular weight excluding hydrogens is 186 g/mol. The summed E-state index contributed by atoms with van der Waals surface area (Å²) in [6.07, 6.45) is 0. The topological polar surface area (TPSA) is 78.1 Å². The first-order valence-corrected chi connectivity index (χ1v) is 5.33. The number of hydrogen-bond donors (Lipinski definition) is 3. The zero-order chi connectivity index (χ0) is 11.6. The third-order valence-electron chi connectivity index (χ3n) is 2.58. The van der Waals surface area contributed by atoms with Crippen molar-refractivity contribution in [1.29, 1.82) is 0 Å². The van der Waals surface area contributed by atoms with Crippen molar-refractivity contribution in [1.82, 2.24) is 0 Å². The minimum absolute atomic E-state index is 0.0150. The smallest absolute Gasteiger partial charge is 0.0266 e. The van der Waals surface area contributed by atoms with Crippen LogP contribution in [0.4, 0.5) is 0 Å². The van der Waals surface area contributed by atoms with Crippen LogP contribution in [0.3, 0.4) is 0 Å². The molecule has 3 atom stereocenters. The van der Waals surface area contributed by atoms with Crippen molar-refractivity contribution in [3.63, 3.8) is 0 Å². The van der Waals surface area contributed by atoms with Crippen LogP contribution < -0.4 is 17.2 Å². The molecule has 0 aliphatic carbocycles. The summed E-state index contributed by atoms with van der Waals surface area (Å²) in [6.45, 7) is 5.89. The molecule has 84 valence electrons. The van der Waals surface area contributed by atoms with Crippen LogP contribution in [-0.2, 0) is 0 Å². The van der Waals surface area contributed by atoms with Crippen LogP contribution in [0.2, 0.25) is 0 Å². The number of nitrogens with two attached hydrogens (primary N) is 3. The predicted octanol–water partition coefficient (Wildman–Crippen LogP) is 1.75. The maximum atomic E-state index is 5.87. The molecule has 6 N–H and O–H groups in total. The summed E-state index contributed by atoms with van der Waals surface area (Å²) in [5, 5.41) is 0. The van der Waals surface area contributed by atoms with Gasteiger partial charge in [-0.3, -0.25) is 0 Å². The average molecular weight is 207 g/mol. The highest BCUT2D eigenvalue weighted by atomic mass is 14.6. The third-order valence-corrected chi connectivity index (χ3v) is 2.58. The molecule has 0 fully saturated rings. The van der Waals surface area contributed by atoms with Gasteiger partial charge in [0.1, 0.15) is 0 Å². The van der Waals surface area contributed by atoms with Gasteiger partial charge in [0, 0.05) is 18.1 Å². The standard InChI is InChI=1S/C12H21N3/c1-7(13)10-4-11(8(2)14)6-12(5-10)9(3)15/h4-9H,13-15H2,1-3H3/t7-,8-,9+/m1/s1. The molecule has 0 amide bonds. The fourth-order valence-electron chi connectivity index (χ4n) is 1.49. The highest BCUT2D eigenvalue weighted by Crippen LogP contribution is 2.22. The van der Waals surface area contributed by atoms with E-state index in [1.165, 1.54) is 0 Å². The van der Waals surface area contributed by atoms with E-state index in [9.17, 15) is 0 Å². The van der Waals surface area contributed by atoms with Gasteiger partial charge in [-0.25, -0.2) is 0 Å². The first-order valence-electron chi connectivity index (χ1n) is 5.33. The zero-order valence-corrected chi connectivity index (χ0v) is 9.70. The molecule has 0 saturated carbocycles. The number of rotatable bonds is 3. The lowest BCUT2D eigenvalue weighted by Gasteiger charge is -2.16. The average Bonchev–Trinajstić information content (AvgIpc) is 2.16. The van der Waals surface area contributed by atoms with Crippen LogP contribution in [0.25, 0.3) is 0 Å². The second-order valence-electron chi connectivity index (χ2n) is 4.30. The van der Waals surface area contributed by atoms with E-state index in [1.54, 1.807) is 0 Å². The van der Waals surface area contributed by atoms with Gasteiger partial charge in [0.05, 0.1) is 0 Å². The Balaban J connectivity index is 3.20. The van der Waals surface area contributed by atoms with Crippen molar-refractivity contribution in [2.75, 3.05) is 0 Å². The summed E-state index contributed by atoms with van der Waals surface area (Å²) >= 11 is 0. The van der Waals surface area contributed by atoms with Crippen molar-refractivity contribution < 1.29 is 0 Å². The second-order valence-corrected chi connectivity index (χ2v) is 4.30. The first-order chi connectivity index (χ1) is 6.91. The summed E-state index contributed by atoms with van der Waals surface area (Å²) in [5.41, 5.74) is 20.9. The van der Waals surface area contributed by atoms with Gasteiger partial charge in [0.25, 0.3) is 0 Å². The minimum atomic E-state index is 0.0150. The van der Waals surface area contributed by atoms with Crippen LogP contribution >= 0.6 is 0 Å². The summed E-state index contributed by atoms with van der Waals surface area (Å²) in [7, 11) is 0. The van der Waals surface area contributed by atoms with Gasteiger partial charge in [-0.05, 0) is 37.5 Å². The lowest BCUT2D eigenvalue weighted by atomic mass is 9.96. The molecule has 15 heavy (non-hydrogen) atoms. The monoisotopic (exact) mass is 207 g/mol. The van der Waals surface area contributed by atoms with Crippen LogP contribution in [0, 0.1) is 0 Å². The van der Waals surface area contributed by atoms with Crippen molar-refractivity contribution in [3.05, 3.63) is 34.9 Å². The van der Waals surface area contributed by atoms with Gasteiger partial charge >= 0.3 is 0 Å². The maximum absolute atomic E-state index is 5.87. The van der Waals surface area contributed by atoms with Gasteiger partial charge in [-0.15, -0.1) is 0 Å². The lowest BCUT2D eigenvalue weighted by Crippen LogP contribution is -2.13. The Bertz CT molecular complexity index is 265. The molecule has 0 bridgehead atoms. The summed E-state index contributed by atoms with van der Waals surface area (Å²) in [4.78, 5) is 0. The van der Waals surface area contributed by atoms with Crippen LogP contribution in [0.5, 0.6) is 0 Å². The molecule has 0 aliphatic heterocycles. The highest BCUT2D eigenvalue weighted by molar-refractivity contribution is 5.34. The number of benzene rings is 1. The summed E-state index contributed by atoms with van der Waals surface area (Å²) < 4.78 is 0. The molecule has 1 aromatic rings. The normalized spacial score (nSPS) is 17.2. The molecule has 3 heteroatoms. The molecule has 1 aromatic carbocycles. The SMILES string of the molecule is C[C@H](N)c1cc([C@@H](C)N)cc([C@@H](C)N)c1. The van der Waals surface area contributed by atoms with E-state index in [0.29, 0.717) is 0 Å². The Morgan fingerprint density at radius 1 is 0.667 bits per heavy atom. The summed E-state index contributed by atoms with van der Waals surface area (Å²) in [6, 6.07) is 6.22. The molecule has 0 aromatic heterocycles. The van der Waals surface area contributed by atoms with Crippen LogP contribution in [0.15, 0.2) is 18.2 Å². The Morgan fingerprint density at radius 3 is 1.00 bits per heavy atom. The summed E-state index contributed by atoms with van der Waals surface area (Å²) in [5.74, 6) is 0. The largest absolute Gasteiger partial charge is 0.324 e. The van der Waals surface area contributed by atoms with E-state index in [4.69, 9.17) is 17.2 Å². The lowest BCUT2D eigenvalue weighted by molar-refractivity contribution is 0.762. The molecule has 1 rings (SSSR count). The second kappa shape index (κ2) is 4.75. The van der Waals surface area contributed by atoms with Crippen LogP contribution in [-0.4, -0.2) is 0 Å². The first kappa shape index (κ1) is 12.2. The van der Waals surface area contributed by atoms with Crippen molar-refractivity contribution in [3.8, 4) is 0 Å². The minimum Gasteiger partial charge on any atom is -0.324 e. The van der Waals surface area contributed by atoms with Crippen LogP contribution in [0.1, 0.15) is 55.6 Å². The van der Waals surface area contributed by atoms with Gasteiger partial charge in [0.2, 0.25) is 0 Å². The van der Waals surface area contributed by atoms with Crippen molar-refractivity contribution in [2.45, 2.75) is 38.9 Å². The molecule has 0 radical (unpaired) electrons. The fraction of sp³-hybridized carbons (Fsp3) is 0.500. The molecule has 0 unspecified atom stereocenters. The van der Waals surface area contributed by atoms with Crippen molar-refractivity contribution in [2.24, 2.45) is 17.2 Å². The van der Waals surface area contributed by atoms with E-state index in [0.717, 1.165) is 16.7 Å². The molecule has 0 aliphatic rings. The van der Waals surface area contributed by atoms with Gasteiger partial charge in [0.15, 0.2) is 0 Å². The van der Waals surface area contributed by atoms with E-state index >= 15 is 0 Å². The quantitative estimate of drug-likeness (QED) is 0.706. The molecular formula is C12H21N3. The van der Waals surface area contributed by atoms with Gasteiger partial charge in [-0.1, -0.05) is 18.2 Å². The molecule has 3 nitrogen and oxygen atoms in total. The Hall–Kier alpha value is -0.900. The maximum Gasteiger partial charge on any atom is 0.0266 e. The number of hydrogen-bond acceptors (Lipinski definition) is 3. The molecule has 0 saturated heterocycles. The molecule has 0 spiro atoms. The zero-order valence-electron chi connectivity index (χ0n) is 9.70. The Labute approximate surface area is 91.6 Å². The Morgan fingerprint density at radius 2 is 0.867 bits per heavy atom. The third kappa shape index (κ3) is 3.02. The van der Waals surface area contributed by atoms with E-state index in [1.807, 2.05) is 20.8 Å². The van der Waals surface area contributed by atoms with E-state index in [2.05, 4.69) is 18.2 Å².